The lowest BCUT2D eigenvalue weighted by molar-refractivity contribution is -0.274. The molecule has 0 aliphatic rings. The number of unbranched alkanes of at least 4 members (excludes halogenated alkanes) is 2. The second kappa shape index (κ2) is 11.2. The van der Waals surface area contributed by atoms with Crippen LogP contribution in [0.1, 0.15) is 31.2 Å². The van der Waals surface area contributed by atoms with E-state index in [-0.39, 0.29) is 12.2 Å². The Hall–Kier alpha value is -4.01. The van der Waals surface area contributed by atoms with Gasteiger partial charge in [-0.15, -0.1) is 13.2 Å². The lowest BCUT2D eigenvalue weighted by Crippen LogP contribution is -2.17. The van der Waals surface area contributed by atoms with Gasteiger partial charge in [-0.1, -0.05) is 24.3 Å². The van der Waals surface area contributed by atoms with Gasteiger partial charge in [0.25, 0.3) is 0 Å². The number of imidazole rings is 1. The molecule has 0 amide bonds. The molecule has 4 rings (SSSR count). The lowest BCUT2D eigenvalue weighted by Gasteiger charge is -2.13. The number of carboxylic acid groups (broad SMARTS) is 1. The number of hydrogen-bond acceptors (Lipinski definition) is 4. The van der Waals surface area contributed by atoms with E-state index in [1.54, 1.807) is 12.1 Å². The van der Waals surface area contributed by atoms with Crippen molar-refractivity contribution in [3.05, 3.63) is 78.4 Å². The van der Waals surface area contributed by atoms with Gasteiger partial charge in [-0.3, -0.25) is 4.79 Å². The van der Waals surface area contributed by atoms with Gasteiger partial charge in [-0.05, 0) is 73.4 Å². The first-order chi connectivity index (χ1) is 17.3. The van der Waals surface area contributed by atoms with Crippen LogP contribution in [0.2, 0.25) is 0 Å². The molecule has 0 aliphatic carbocycles. The Morgan fingerprint density at radius 3 is 2.44 bits per heavy atom. The molecule has 0 saturated carbocycles. The molecule has 0 radical (unpaired) electrons. The Morgan fingerprint density at radius 2 is 1.69 bits per heavy atom. The molecule has 1 heterocycles. The minimum atomic E-state index is -4.75. The Kier molecular flexibility index (Phi) is 7.77. The van der Waals surface area contributed by atoms with Crippen LogP contribution in [0.4, 0.5) is 13.2 Å². The van der Waals surface area contributed by atoms with Crippen molar-refractivity contribution in [3.8, 4) is 22.9 Å². The van der Waals surface area contributed by atoms with Crippen LogP contribution in [-0.2, 0) is 11.3 Å². The van der Waals surface area contributed by atoms with Crippen molar-refractivity contribution >= 4 is 17.0 Å². The maximum atomic E-state index is 12.5. The highest BCUT2D eigenvalue weighted by Gasteiger charge is 2.31. The number of benzene rings is 3. The van der Waals surface area contributed by atoms with Crippen molar-refractivity contribution in [2.75, 3.05) is 6.61 Å². The molecule has 0 saturated heterocycles. The highest BCUT2D eigenvalue weighted by atomic mass is 19.4. The van der Waals surface area contributed by atoms with Crippen LogP contribution in [-0.4, -0.2) is 33.6 Å². The standard InChI is InChI=1S/C27H25F3N2O4/c28-27(29,30)36-21-14-12-20(13-15-21)26-31-23-9-3-4-10-24(23)32(26)18-19-7-6-8-22(17-19)35-16-5-1-2-11-25(33)34/h3-4,6-10,12-15,17H,1-2,5,11,16,18H2,(H,33,34). The van der Waals surface area contributed by atoms with Crippen LogP contribution in [0.5, 0.6) is 11.5 Å². The number of nitrogens with zero attached hydrogens (tertiary/aromatic N) is 2. The molecular formula is C27H25F3N2O4. The molecule has 0 atom stereocenters. The number of rotatable bonds is 11. The zero-order valence-electron chi connectivity index (χ0n) is 19.4. The van der Waals surface area contributed by atoms with Gasteiger partial charge in [0.15, 0.2) is 0 Å². The summed E-state index contributed by atoms with van der Waals surface area (Å²) in [6.45, 7) is 0.973. The molecule has 0 fully saturated rings. The van der Waals surface area contributed by atoms with E-state index in [0.717, 1.165) is 29.4 Å². The second-order valence-electron chi connectivity index (χ2n) is 8.28. The summed E-state index contributed by atoms with van der Waals surface area (Å²) in [4.78, 5) is 15.3. The van der Waals surface area contributed by atoms with Crippen molar-refractivity contribution in [1.29, 1.82) is 0 Å². The fourth-order valence-corrected chi connectivity index (χ4v) is 3.92. The molecule has 0 unspecified atom stereocenters. The van der Waals surface area contributed by atoms with Crippen molar-refractivity contribution in [1.82, 2.24) is 9.55 Å². The predicted octanol–water partition coefficient (Wildman–Crippen LogP) is 6.67. The molecule has 36 heavy (non-hydrogen) atoms. The van der Waals surface area contributed by atoms with E-state index in [9.17, 15) is 18.0 Å². The number of alkyl halides is 3. The van der Waals surface area contributed by atoms with Crippen LogP contribution in [0.15, 0.2) is 72.8 Å². The van der Waals surface area contributed by atoms with Crippen LogP contribution in [0.25, 0.3) is 22.4 Å². The van der Waals surface area contributed by atoms with Gasteiger partial charge in [0.2, 0.25) is 0 Å². The second-order valence-corrected chi connectivity index (χ2v) is 8.28. The summed E-state index contributed by atoms with van der Waals surface area (Å²) >= 11 is 0. The Bertz CT molecular complexity index is 1320. The third kappa shape index (κ3) is 6.78. The summed E-state index contributed by atoms with van der Waals surface area (Å²) in [6, 6.07) is 21.0. The summed E-state index contributed by atoms with van der Waals surface area (Å²) in [5.74, 6) is 0.257. The average molecular weight is 499 g/mol. The molecule has 9 heteroatoms. The molecule has 1 N–H and O–H groups in total. The average Bonchev–Trinajstić information content (AvgIpc) is 3.19. The number of para-hydroxylation sites is 2. The van der Waals surface area contributed by atoms with Gasteiger partial charge >= 0.3 is 12.3 Å². The number of ether oxygens (including phenoxy) is 2. The molecule has 0 spiro atoms. The first-order valence-electron chi connectivity index (χ1n) is 11.5. The van der Waals surface area contributed by atoms with E-state index in [1.807, 2.05) is 53.1 Å². The number of halogens is 3. The molecule has 188 valence electrons. The van der Waals surface area contributed by atoms with E-state index < -0.39 is 12.3 Å². The summed E-state index contributed by atoms with van der Waals surface area (Å²) < 4.78 is 49.5. The Balaban J connectivity index is 1.52. The van der Waals surface area contributed by atoms with Gasteiger partial charge in [-0.25, -0.2) is 4.98 Å². The first kappa shape index (κ1) is 25.1. The zero-order valence-corrected chi connectivity index (χ0v) is 19.4. The lowest BCUT2D eigenvalue weighted by atomic mass is 10.1. The topological polar surface area (TPSA) is 73.6 Å². The fourth-order valence-electron chi connectivity index (χ4n) is 3.92. The van der Waals surface area contributed by atoms with Crippen LogP contribution in [0.3, 0.4) is 0 Å². The highest BCUT2D eigenvalue weighted by Crippen LogP contribution is 2.29. The maximum absolute atomic E-state index is 12.5. The van der Waals surface area contributed by atoms with Crippen LogP contribution in [0, 0.1) is 0 Å². The third-order valence-corrected chi connectivity index (χ3v) is 5.54. The molecular weight excluding hydrogens is 473 g/mol. The van der Waals surface area contributed by atoms with Gasteiger partial charge in [0, 0.05) is 18.5 Å². The molecule has 1 aromatic heterocycles. The van der Waals surface area contributed by atoms with E-state index in [0.29, 0.717) is 36.7 Å². The largest absolute Gasteiger partial charge is 0.573 e. The monoisotopic (exact) mass is 498 g/mol. The third-order valence-electron chi connectivity index (χ3n) is 5.54. The number of aromatic nitrogens is 2. The number of fused-ring (bicyclic) bond motifs is 1. The number of carboxylic acids is 1. The summed E-state index contributed by atoms with van der Waals surface area (Å²) in [6.07, 6.45) is -2.42. The predicted molar refractivity (Wildman–Crippen MR) is 129 cm³/mol. The molecule has 6 nitrogen and oxygen atoms in total. The fraction of sp³-hybridized carbons (Fsp3) is 0.259. The number of aliphatic carboxylic acids is 1. The van der Waals surface area contributed by atoms with E-state index >= 15 is 0 Å². The Morgan fingerprint density at radius 1 is 0.917 bits per heavy atom. The SMILES string of the molecule is O=C(O)CCCCCOc1cccc(Cn2c(-c3ccc(OC(F)(F)F)cc3)nc3ccccc32)c1. The highest BCUT2D eigenvalue weighted by molar-refractivity contribution is 5.80. The van der Waals surface area contributed by atoms with Gasteiger partial charge in [0.1, 0.15) is 17.3 Å². The quantitative estimate of drug-likeness (QED) is 0.234. The summed E-state index contributed by atoms with van der Waals surface area (Å²) in [5, 5.41) is 8.71. The first-order valence-corrected chi connectivity index (χ1v) is 11.5. The van der Waals surface area contributed by atoms with E-state index in [2.05, 4.69) is 4.74 Å². The van der Waals surface area contributed by atoms with E-state index in [1.165, 1.54) is 12.1 Å². The van der Waals surface area contributed by atoms with Crippen molar-refractivity contribution in [3.63, 3.8) is 0 Å². The zero-order chi connectivity index (χ0) is 25.5. The minimum absolute atomic E-state index is 0.161. The molecule has 0 aliphatic heterocycles. The van der Waals surface area contributed by atoms with Gasteiger partial charge in [0.05, 0.1) is 17.6 Å². The normalized spacial score (nSPS) is 11.5. The van der Waals surface area contributed by atoms with Crippen molar-refractivity contribution < 1.29 is 32.5 Å². The van der Waals surface area contributed by atoms with Crippen molar-refractivity contribution in [2.45, 2.75) is 38.6 Å². The van der Waals surface area contributed by atoms with Crippen LogP contribution >= 0.6 is 0 Å². The number of hydrogen-bond donors (Lipinski definition) is 1. The summed E-state index contributed by atoms with van der Waals surface area (Å²) in [7, 11) is 0. The molecule has 0 bridgehead atoms. The molecule has 3 aromatic carbocycles. The van der Waals surface area contributed by atoms with Gasteiger partial charge < -0.3 is 19.1 Å². The summed E-state index contributed by atoms with van der Waals surface area (Å²) in [5.41, 5.74) is 3.30. The van der Waals surface area contributed by atoms with Crippen LogP contribution < -0.4 is 9.47 Å². The maximum Gasteiger partial charge on any atom is 0.573 e. The molecule has 4 aromatic rings. The van der Waals surface area contributed by atoms with Crippen molar-refractivity contribution in [2.24, 2.45) is 0 Å². The van der Waals surface area contributed by atoms with E-state index in [4.69, 9.17) is 14.8 Å². The minimum Gasteiger partial charge on any atom is -0.494 e. The Labute approximate surface area is 205 Å². The van der Waals surface area contributed by atoms with Gasteiger partial charge in [-0.2, -0.15) is 0 Å². The smallest absolute Gasteiger partial charge is 0.494 e. The number of carbonyl (C=O) groups is 1.